The van der Waals surface area contributed by atoms with Gasteiger partial charge in [-0.25, -0.2) is 9.82 Å². The molecule has 1 aromatic heterocycles. The van der Waals surface area contributed by atoms with Crippen LogP contribution in [-0.4, -0.2) is 46.9 Å². The number of nitrogens with one attached hydrogen (secondary N) is 3. The highest BCUT2D eigenvalue weighted by Gasteiger charge is 2.44. The fourth-order valence-corrected chi connectivity index (χ4v) is 4.39. The molecular formula is C19H20ClFN6O2. The molecule has 1 amide bonds. The lowest BCUT2D eigenvalue weighted by atomic mass is 9.92. The Bertz CT molecular complexity index is 973. The third kappa shape index (κ3) is 3.39. The van der Waals surface area contributed by atoms with Gasteiger partial charge in [-0.15, -0.1) is 0 Å². The lowest BCUT2D eigenvalue weighted by Crippen LogP contribution is -2.54. The number of hydrogen-bond donors (Lipinski definition) is 3. The van der Waals surface area contributed by atoms with E-state index in [0.717, 1.165) is 31.6 Å². The van der Waals surface area contributed by atoms with Gasteiger partial charge in [0, 0.05) is 29.3 Å². The van der Waals surface area contributed by atoms with Gasteiger partial charge in [-0.3, -0.25) is 9.80 Å². The first-order chi connectivity index (χ1) is 14.1. The smallest absolute Gasteiger partial charge is 0.260 e. The van der Waals surface area contributed by atoms with Crippen LogP contribution in [0.1, 0.15) is 24.6 Å². The van der Waals surface area contributed by atoms with Gasteiger partial charge in [0.05, 0.1) is 11.5 Å². The van der Waals surface area contributed by atoms with Crippen LogP contribution in [0.25, 0.3) is 11.5 Å². The van der Waals surface area contributed by atoms with E-state index in [2.05, 4.69) is 26.2 Å². The summed E-state index contributed by atoms with van der Waals surface area (Å²) in [5, 5.41) is 12.8. The minimum Gasteiger partial charge on any atom is -0.334 e. The van der Waals surface area contributed by atoms with Gasteiger partial charge in [0.25, 0.3) is 5.89 Å². The molecule has 2 unspecified atom stereocenters. The maximum atomic E-state index is 14.1. The first-order valence-corrected chi connectivity index (χ1v) is 10.0. The monoisotopic (exact) mass is 418 g/mol. The van der Waals surface area contributed by atoms with Gasteiger partial charge >= 0.3 is 0 Å². The molecule has 0 aliphatic carbocycles. The van der Waals surface area contributed by atoms with E-state index in [1.807, 2.05) is 5.01 Å². The van der Waals surface area contributed by atoms with Crippen LogP contribution in [0.2, 0.25) is 5.02 Å². The van der Waals surface area contributed by atoms with E-state index >= 15 is 0 Å². The number of carbonyl (C=O) groups excluding carboxylic acids is 1. The van der Waals surface area contributed by atoms with E-state index in [0.29, 0.717) is 23.3 Å². The van der Waals surface area contributed by atoms with Crippen LogP contribution < -0.4 is 16.1 Å². The second-order valence-electron chi connectivity index (χ2n) is 7.47. The van der Waals surface area contributed by atoms with Crippen molar-refractivity contribution in [3.05, 3.63) is 46.6 Å². The summed E-state index contributed by atoms with van der Waals surface area (Å²) in [5.74, 6) is -0.0570. The van der Waals surface area contributed by atoms with E-state index < -0.39 is 5.82 Å². The molecule has 1 aromatic carbocycles. The predicted molar refractivity (Wildman–Crippen MR) is 103 cm³/mol. The standard InChI is InChI=1S/C19H20ClFN6O2/c20-11-1-2-14(21)12(7-11)19-25-17(26-29-19)13-9-23-27-15(8-16(28)24-18(13)27)10-3-5-22-6-4-10/h1-2,7-8,10,13,18,22-23H,3-6,9H2,(H,24,28). The number of halogens is 2. The Hall–Kier alpha value is -2.49. The normalized spacial score (nSPS) is 25.0. The second-order valence-corrected chi connectivity index (χ2v) is 7.90. The molecule has 0 radical (unpaired) electrons. The topological polar surface area (TPSA) is 95.3 Å². The van der Waals surface area contributed by atoms with Crippen molar-refractivity contribution in [3.63, 3.8) is 0 Å². The Balaban J connectivity index is 1.41. The van der Waals surface area contributed by atoms with Crippen LogP contribution >= 0.6 is 11.6 Å². The molecule has 2 aromatic rings. The Kier molecular flexibility index (Phi) is 4.73. The number of allylic oxidation sites excluding steroid dienone is 1. The zero-order chi connectivity index (χ0) is 20.0. The van der Waals surface area contributed by atoms with Crippen molar-refractivity contribution in [1.29, 1.82) is 0 Å². The molecule has 2 fully saturated rings. The van der Waals surface area contributed by atoms with Crippen molar-refractivity contribution in [3.8, 4) is 11.5 Å². The number of hydrogen-bond acceptors (Lipinski definition) is 7. The van der Waals surface area contributed by atoms with E-state index in [1.54, 1.807) is 6.08 Å². The van der Waals surface area contributed by atoms with Crippen molar-refractivity contribution in [2.75, 3.05) is 19.6 Å². The van der Waals surface area contributed by atoms with Gasteiger partial charge in [0.1, 0.15) is 12.0 Å². The third-order valence-corrected chi connectivity index (χ3v) is 5.91. The summed E-state index contributed by atoms with van der Waals surface area (Å²) in [7, 11) is 0. The second kappa shape index (κ2) is 7.40. The largest absolute Gasteiger partial charge is 0.334 e. The maximum absolute atomic E-state index is 14.1. The quantitative estimate of drug-likeness (QED) is 0.699. The molecule has 4 heterocycles. The van der Waals surface area contributed by atoms with Crippen LogP contribution in [0.5, 0.6) is 0 Å². The molecule has 2 atom stereocenters. The van der Waals surface area contributed by atoms with Gasteiger partial charge in [-0.05, 0) is 44.1 Å². The van der Waals surface area contributed by atoms with E-state index in [-0.39, 0.29) is 29.4 Å². The van der Waals surface area contributed by atoms with E-state index in [4.69, 9.17) is 16.1 Å². The molecule has 5 rings (SSSR count). The van der Waals surface area contributed by atoms with Crippen LogP contribution in [-0.2, 0) is 4.79 Å². The summed E-state index contributed by atoms with van der Waals surface area (Å²) in [5.41, 5.74) is 4.51. The van der Waals surface area contributed by atoms with Crippen LogP contribution in [0, 0.1) is 11.7 Å². The maximum Gasteiger partial charge on any atom is 0.260 e. The molecule has 3 aliphatic heterocycles. The number of amides is 1. The SMILES string of the molecule is O=C1C=C(C2CCNCC2)N2NCC(c3noc(-c4cc(Cl)ccc4F)n3)C2N1. The van der Waals surface area contributed by atoms with E-state index in [1.165, 1.54) is 18.2 Å². The summed E-state index contributed by atoms with van der Waals surface area (Å²) in [6.45, 7) is 2.40. The molecule has 3 N–H and O–H groups in total. The summed E-state index contributed by atoms with van der Waals surface area (Å²) in [6, 6.07) is 4.17. The van der Waals surface area contributed by atoms with Crippen LogP contribution in [0.4, 0.5) is 4.39 Å². The zero-order valence-electron chi connectivity index (χ0n) is 15.5. The van der Waals surface area contributed by atoms with Gasteiger partial charge in [0.2, 0.25) is 5.91 Å². The average molecular weight is 419 g/mol. The third-order valence-electron chi connectivity index (χ3n) is 5.68. The fourth-order valence-electron chi connectivity index (χ4n) is 4.22. The van der Waals surface area contributed by atoms with Gasteiger partial charge in [-0.1, -0.05) is 16.8 Å². The molecule has 8 nitrogen and oxygen atoms in total. The van der Waals surface area contributed by atoms with Crippen molar-refractivity contribution in [2.24, 2.45) is 5.92 Å². The Morgan fingerprint density at radius 1 is 1.28 bits per heavy atom. The van der Waals surface area contributed by atoms with Gasteiger partial charge < -0.3 is 15.2 Å². The summed E-state index contributed by atoms with van der Waals surface area (Å²) in [4.78, 5) is 16.8. The predicted octanol–water partition coefficient (Wildman–Crippen LogP) is 1.77. The Morgan fingerprint density at radius 2 is 2.10 bits per heavy atom. The highest BCUT2D eigenvalue weighted by molar-refractivity contribution is 6.30. The highest BCUT2D eigenvalue weighted by Crippen LogP contribution is 2.35. The van der Waals surface area contributed by atoms with Crippen molar-refractivity contribution in [2.45, 2.75) is 24.9 Å². The van der Waals surface area contributed by atoms with Gasteiger partial charge in [0.15, 0.2) is 5.82 Å². The number of nitrogens with zero attached hydrogens (tertiary/aromatic N) is 3. The molecule has 29 heavy (non-hydrogen) atoms. The molecule has 0 spiro atoms. The number of rotatable bonds is 3. The average Bonchev–Trinajstić information content (AvgIpc) is 3.37. The Morgan fingerprint density at radius 3 is 2.93 bits per heavy atom. The van der Waals surface area contributed by atoms with E-state index in [9.17, 15) is 9.18 Å². The molecule has 0 bridgehead atoms. The van der Waals surface area contributed by atoms with Crippen LogP contribution in [0.3, 0.4) is 0 Å². The first kappa shape index (κ1) is 18.5. The van der Waals surface area contributed by atoms with Crippen LogP contribution in [0.15, 0.2) is 34.5 Å². The van der Waals surface area contributed by atoms with Crippen molar-refractivity contribution in [1.82, 2.24) is 31.2 Å². The van der Waals surface area contributed by atoms with Gasteiger partial charge in [-0.2, -0.15) is 4.98 Å². The fraction of sp³-hybridized carbons (Fsp3) is 0.421. The number of carbonyl (C=O) groups is 1. The van der Waals surface area contributed by atoms with Crippen molar-refractivity contribution < 1.29 is 13.7 Å². The Labute approximate surface area is 171 Å². The number of piperidine rings is 1. The summed E-state index contributed by atoms with van der Waals surface area (Å²) < 4.78 is 19.4. The zero-order valence-corrected chi connectivity index (χ0v) is 16.2. The summed E-state index contributed by atoms with van der Waals surface area (Å²) in [6.07, 6.45) is 3.31. The number of fused-ring (bicyclic) bond motifs is 1. The first-order valence-electron chi connectivity index (χ1n) is 9.65. The number of aromatic nitrogens is 2. The molecule has 2 saturated heterocycles. The lowest BCUT2D eigenvalue weighted by Gasteiger charge is -2.38. The lowest BCUT2D eigenvalue weighted by molar-refractivity contribution is -0.119. The van der Waals surface area contributed by atoms with Crippen molar-refractivity contribution >= 4 is 17.5 Å². The minimum absolute atomic E-state index is 0.0645. The molecule has 0 saturated carbocycles. The molecule has 10 heteroatoms. The highest BCUT2D eigenvalue weighted by atomic mass is 35.5. The molecular weight excluding hydrogens is 399 g/mol. The number of hydrazine groups is 1. The molecule has 152 valence electrons. The number of benzene rings is 1. The minimum atomic E-state index is -0.488. The summed E-state index contributed by atoms with van der Waals surface area (Å²) >= 11 is 5.97. The molecule has 3 aliphatic rings.